The van der Waals surface area contributed by atoms with Crippen molar-refractivity contribution in [3.8, 4) is 0 Å². The second-order valence-electron chi connectivity index (χ2n) is 4.96. The number of hydrogen-bond acceptors (Lipinski definition) is 5. The molecule has 5 nitrogen and oxygen atoms in total. The van der Waals surface area contributed by atoms with Gasteiger partial charge in [-0.3, -0.25) is 14.2 Å². The zero-order valence-electron chi connectivity index (χ0n) is 12.5. The summed E-state index contributed by atoms with van der Waals surface area (Å²) in [5.41, 5.74) is 3.81. The molecule has 0 saturated carbocycles. The van der Waals surface area contributed by atoms with Crippen molar-refractivity contribution in [2.24, 2.45) is 0 Å². The highest BCUT2D eigenvalue weighted by atomic mass is 32.2. The average molecular weight is 306 g/mol. The van der Waals surface area contributed by atoms with Gasteiger partial charge in [-0.1, -0.05) is 17.7 Å². The first kappa shape index (κ1) is 15.6. The second kappa shape index (κ2) is 5.91. The van der Waals surface area contributed by atoms with Crippen molar-refractivity contribution in [1.82, 2.24) is 9.97 Å². The quantitative estimate of drug-likeness (QED) is 0.812. The molecule has 1 aromatic carbocycles. The van der Waals surface area contributed by atoms with Gasteiger partial charge in [-0.25, -0.2) is 0 Å². The van der Waals surface area contributed by atoms with Crippen LogP contribution in [0.25, 0.3) is 0 Å². The highest BCUT2D eigenvalue weighted by Gasteiger charge is 2.16. The van der Waals surface area contributed by atoms with Gasteiger partial charge in [-0.15, -0.1) is 0 Å². The molecule has 1 heterocycles. The molecule has 2 aromatic rings. The lowest BCUT2D eigenvalue weighted by Gasteiger charge is -2.09. The van der Waals surface area contributed by atoms with Crippen molar-refractivity contribution >= 4 is 10.1 Å². The number of benzene rings is 1. The molecule has 0 aliphatic rings. The van der Waals surface area contributed by atoms with Crippen LogP contribution in [0.4, 0.5) is 0 Å². The molecule has 0 saturated heterocycles. The summed E-state index contributed by atoms with van der Waals surface area (Å²) in [4.78, 5) is 8.79. The first-order valence-electron chi connectivity index (χ1n) is 6.56. The fourth-order valence-corrected chi connectivity index (χ4v) is 2.68. The van der Waals surface area contributed by atoms with Crippen molar-refractivity contribution in [2.75, 3.05) is 0 Å². The lowest BCUT2D eigenvalue weighted by atomic mass is 10.2. The van der Waals surface area contributed by atoms with E-state index in [2.05, 4.69) is 9.97 Å². The van der Waals surface area contributed by atoms with Crippen molar-refractivity contribution in [1.29, 1.82) is 0 Å². The third kappa shape index (κ3) is 3.65. The Bertz CT molecular complexity index is 753. The molecule has 21 heavy (non-hydrogen) atoms. The minimum Gasteiger partial charge on any atom is -0.260 e. The predicted octanol–water partition coefficient (Wildman–Crippen LogP) is 2.62. The summed E-state index contributed by atoms with van der Waals surface area (Å²) >= 11 is 0. The molecule has 112 valence electrons. The Balaban J connectivity index is 2.19. The molecule has 2 rings (SSSR count). The molecule has 0 spiro atoms. The molecule has 1 aromatic heterocycles. The van der Waals surface area contributed by atoms with E-state index in [9.17, 15) is 8.42 Å². The average Bonchev–Trinajstić information content (AvgIpc) is 2.42. The monoisotopic (exact) mass is 306 g/mol. The van der Waals surface area contributed by atoms with E-state index in [-0.39, 0.29) is 11.5 Å². The van der Waals surface area contributed by atoms with Crippen molar-refractivity contribution < 1.29 is 12.6 Å². The molecule has 0 unspecified atom stereocenters. The topological polar surface area (TPSA) is 69.2 Å². The zero-order chi connectivity index (χ0) is 15.6. The molecule has 0 N–H and O–H groups in total. The van der Waals surface area contributed by atoms with Crippen LogP contribution in [0.2, 0.25) is 0 Å². The van der Waals surface area contributed by atoms with Crippen LogP contribution < -0.4 is 0 Å². The number of aryl methyl sites for hydroxylation is 4. The van der Waals surface area contributed by atoms with E-state index >= 15 is 0 Å². The maximum absolute atomic E-state index is 12.1. The van der Waals surface area contributed by atoms with E-state index in [4.69, 9.17) is 4.18 Å². The van der Waals surface area contributed by atoms with Gasteiger partial charge in [-0.2, -0.15) is 8.42 Å². The van der Waals surface area contributed by atoms with Crippen molar-refractivity contribution in [3.05, 3.63) is 52.6 Å². The van der Waals surface area contributed by atoms with Crippen molar-refractivity contribution in [2.45, 2.75) is 39.2 Å². The first-order chi connectivity index (χ1) is 9.79. The smallest absolute Gasteiger partial charge is 0.260 e. The molecule has 0 bridgehead atoms. The van der Waals surface area contributed by atoms with E-state index < -0.39 is 10.1 Å². The Morgan fingerprint density at radius 2 is 1.48 bits per heavy atom. The van der Waals surface area contributed by atoms with Gasteiger partial charge in [0, 0.05) is 0 Å². The summed E-state index contributed by atoms with van der Waals surface area (Å²) in [6.45, 7) is 7.26. The van der Waals surface area contributed by atoms with Crippen molar-refractivity contribution in [3.63, 3.8) is 0 Å². The number of aromatic nitrogens is 2. The van der Waals surface area contributed by atoms with Crippen LogP contribution in [0.3, 0.4) is 0 Å². The van der Waals surface area contributed by atoms with Gasteiger partial charge in [0.15, 0.2) is 0 Å². The Kier molecular flexibility index (Phi) is 4.39. The van der Waals surface area contributed by atoms with Gasteiger partial charge in [-0.05, 0) is 39.8 Å². The minimum absolute atomic E-state index is 0.115. The van der Waals surface area contributed by atoms with E-state index in [1.165, 1.54) is 12.1 Å². The van der Waals surface area contributed by atoms with E-state index in [0.29, 0.717) is 11.4 Å². The highest BCUT2D eigenvalue weighted by Crippen LogP contribution is 2.16. The summed E-state index contributed by atoms with van der Waals surface area (Å²) in [5, 5.41) is 0. The van der Waals surface area contributed by atoms with Gasteiger partial charge < -0.3 is 0 Å². The third-order valence-corrected chi connectivity index (χ3v) is 4.52. The van der Waals surface area contributed by atoms with Crippen LogP contribution in [-0.4, -0.2) is 18.4 Å². The summed E-state index contributed by atoms with van der Waals surface area (Å²) < 4.78 is 29.3. The van der Waals surface area contributed by atoms with E-state index in [0.717, 1.165) is 17.0 Å². The summed E-state index contributed by atoms with van der Waals surface area (Å²) in [6.07, 6.45) is 0. The fraction of sp³-hybridized carbons (Fsp3) is 0.333. The normalized spacial score (nSPS) is 11.6. The second-order valence-corrected chi connectivity index (χ2v) is 6.57. The van der Waals surface area contributed by atoms with Crippen LogP contribution in [0, 0.1) is 27.7 Å². The van der Waals surface area contributed by atoms with Gasteiger partial charge >= 0.3 is 0 Å². The molecular weight excluding hydrogens is 288 g/mol. The van der Waals surface area contributed by atoms with Crippen LogP contribution in [-0.2, 0) is 20.9 Å². The highest BCUT2D eigenvalue weighted by molar-refractivity contribution is 7.86. The molecule has 0 fully saturated rings. The molecule has 0 radical (unpaired) electrons. The van der Waals surface area contributed by atoms with Gasteiger partial charge in [0.1, 0.15) is 6.61 Å². The van der Waals surface area contributed by atoms with Crippen LogP contribution in [0.1, 0.15) is 28.3 Å². The van der Waals surface area contributed by atoms with Crippen LogP contribution in [0.15, 0.2) is 29.2 Å². The minimum atomic E-state index is -3.78. The van der Waals surface area contributed by atoms with Crippen LogP contribution >= 0.6 is 0 Å². The largest absolute Gasteiger partial charge is 0.297 e. The fourth-order valence-electron chi connectivity index (χ4n) is 1.80. The molecule has 0 amide bonds. The van der Waals surface area contributed by atoms with E-state index in [1.54, 1.807) is 19.1 Å². The maximum Gasteiger partial charge on any atom is 0.297 e. The standard InChI is InChI=1S/C15H18N2O3S/c1-10-5-7-14(8-6-10)21(18,19)20-9-15-13(4)16-11(2)12(3)17-15/h5-8H,9H2,1-4H3. The summed E-state index contributed by atoms with van der Waals surface area (Å²) in [5.74, 6) is 0. The SMILES string of the molecule is Cc1ccc(S(=O)(=O)OCc2nc(C)c(C)nc2C)cc1. The molecule has 0 aliphatic carbocycles. The summed E-state index contributed by atoms with van der Waals surface area (Å²) in [7, 11) is -3.78. The lowest BCUT2D eigenvalue weighted by molar-refractivity contribution is 0.301. The maximum atomic E-state index is 12.1. The van der Waals surface area contributed by atoms with Crippen LogP contribution in [0.5, 0.6) is 0 Å². The Labute approximate surface area is 125 Å². The van der Waals surface area contributed by atoms with Gasteiger partial charge in [0.05, 0.1) is 27.7 Å². The Morgan fingerprint density at radius 3 is 2.10 bits per heavy atom. The predicted molar refractivity (Wildman–Crippen MR) is 79.4 cm³/mol. The number of rotatable bonds is 4. The molecule has 0 atom stereocenters. The van der Waals surface area contributed by atoms with E-state index in [1.807, 2.05) is 20.8 Å². The lowest BCUT2D eigenvalue weighted by Crippen LogP contribution is -2.10. The number of nitrogens with zero attached hydrogens (tertiary/aromatic N) is 2. The van der Waals surface area contributed by atoms with Gasteiger partial charge in [0.25, 0.3) is 10.1 Å². The third-order valence-electron chi connectivity index (χ3n) is 3.24. The molecular formula is C15H18N2O3S. The Hall–Kier alpha value is -1.79. The Morgan fingerprint density at radius 1 is 0.905 bits per heavy atom. The summed E-state index contributed by atoms with van der Waals surface area (Å²) in [6, 6.07) is 6.53. The van der Waals surface area contributed by atoms with Gasteiger partial charge in [0.2, 0.25) is 0 Å². The number of hydrogen-bond donors (Lipinski definition) is 0. The first-order valence-corrected chi connectivity index (χ1v) is 7.97. The zero-order valence-corrected chi connectivity index (χ0v) is 13.4. The molecule has 6 heteroatoms. The molecule has 0 aliphatic heterocycles.